The van der Waals surface area contributed by atoms with Gasteiger partial charge in [0.05, 0.1) is 11.4 Å². The molecule has 2 aromatic rings. The number of aryl methyl sites for hydroxylation is 2. The first kappa shape index (κ1) is 11.9. The molecule has 1 saturated carbocycles. The monoisotopic (exact) mass is 268 g/mol. The third-order valence-electron chi connectivity index (χ3n) is 4.50. The minimum atomic E-state index is 0.553. The van der Waals surface area contributed by atoms with Crippen molar-refractivity contribution in [2.24, 2.45) is 0 Å². The Hall–Kier alpha value is -1.84. The average Bonchev–Trinajstić information content (AvgIpc) is 2.97. The lowest BCUT2D eigenvalue weighted by Crippen LogP contribution is -2.24. The molecule has 2 aliphatic rings. The normalized spacial score (nSPS) is 18.4. The molecule has 4 nitrogen and oxygen atoms in total. The molecule has 0 amide bonds. The summed E-state index contributed by atoms with van der Waals surface area (Å²) in [5.41, 5.74) is 3.60. The van der Waals surface area contributed by atoms with Crippen LogP contribution in [0.5, 0.6) is 0 Å². The number of aromatic nitrogens is 3. The SMILES string of the molecule is c1cc2n(c1)CCc1cnc(NC3CCCCC3)nc1-2. The fourth-order valence-corrected chi connectivity index (χ4v) is 3.38. The minimum absolute atomic E-state index is 0.553. The second-order valence-electron chi connectivity index (χ2n) is 5.88. The van der Waals surface area contributed by atoms with E-state index in [2.05, 4.69) is 33.2 Å². The number of anilines is 1. The predicted molar refractivity (Wildman–Crippen MR) is 79.7 cm³/mol. The molecule has 2 aromatic heterocycles. The lowest BCUT2D eigenvalue weighted by Gasteiger charge is -2.24. The van der Waals surface area contributed by atoms with Crippen molar-refractivity contribution < 1.29 is 0 Å². The molecule has 1 N–H and O–H groups in total. The largest absolute Gasteiger partial charge is 0.351 e. The zero-order valence-electron chi connectivity index (χ0n) is 11.7. The van der Waals surface area contributed by atoms with E-state index in [9.17, 15) is 0 Å². The molecular weight excluding hydrogens is 248 g/mol. The van der Waals surface area contributed by atoms with Crippen LogP contribution in [-0.2, 0) is 13.0 Å². The van der Waals surface area contributed by atoms with Crippen LogP contribution in [-0.4, -0.2) is 20.6 Å². The summed E-state index contributed by atoms with van der Waals surface area (Å²) in [5, 5.41) is 3.52. The summed E-state index contributed by atoms with van der Waals surface area (Å²) in [5.74, 6) is 0.797. The summed E-state index contributed by atoms with van der Waals surface area (Å²) < 4.78 is 2.28. The van der Waals surface area contributed by atoms with Gasteiger partial charge in [-0.25, -0.2) is 9.97 Å². The van der Waals surface area contributed by atoms with E-state index in [1.165, 1.54) is 43.4 Å². The summed E-state index contributed by atoms with van der Waals surface area (Å²) >= 11 is 0. The van der Waals surface area contributed by atoms with Crippen LogP contribution in [0.4, 0.5) is 5.95 Å². The van der Waals surface area contributed by atoms with Gasteiger partial charge < -0.3 is 9.88 Å². The van der Waals surface area contributed by atoms with Crippen molar-refractivity contribution in [3.63, 3.8) is 0 Å². The Morgan fingerprint density at radius 3 is 3.00 bits per heavy atom. The first-order valence-electron chi connectivity index (χ1n) is 7.68. The van der Waals surface area contributed by atoms with E-state index in [0.717, 1.165) is 24.6 Å². The van der Waals surface area contributed by atoms with Crippen molar-refractivity contribution >= 4 is 5.95 Å². The van der Waals surface area contributed by atoms with Gasteiger partial charge in [0.25, 0.3) is 0 Å². The van der Waals surface area contributed by atoms with Crippen molar-refractivity contribution in [3.8, 4) is 11.4 Å². The lowest BCUT2D eigenvalue weighted by molar-refractivity contribution is 0.461. The third kappa shape index (κ3) is 2.09. The van der Waals surface area contributed by atoms with Gasteiger partial charge in [-0.15, -0.1) is 0 Å². The Bertz CT molecular complexity index is 611. The minimum Gasteiger partial charge on any atom is -0.351 e. The maximum atomic E-state index is 4.78. The van der Waals surface area contributed by atoms with Crippen LogP contribution in [0.25, 0.3) is 11.4 Å². The molecule has 0 unspecified atom stereocenters. The van der Waals surface area contributed by atoms with Gasteiger partial charge in [-0.2, -0.15) is 0 Å². The number of hydrogen-bond acceptors (Lipinski definition) is 3. The summed E-state index contributed by atoms with van der Waals surface area (Å²) in [7, 11) is 0. The van der Waals surface area contributed by atoms with Gasteiger partial charge in [0.2, 0.25) is 5.95 Å². The number of fused-ring (bicyclic) bond motifs is 3. The fourth-order valence-electron chi connectivity index (χ4n) is 3.38. The Morgan fingerprint density at radius 1 is 1.20 bits per heavy atom. The van der Waals surface area contributed by atoms with Crippen molar-refractivity contribution in [2.45, 2.75) is 51.1 Å². The first-order chi connectivity index (χ1) is 9.90. The molecule has 1 fully saturated rings. The van der Waals surface area contributed by atoms with Crippen LogP contribution in [0.15, 0.2) is 24.5 Å². The number of hydrogen-bond donors (Lipinski definition) is 1. The van der Waals surface area contributed by atoms with Crippen LogP contribution in [0, 0.1) is 0 Å². The standard InChI is InChI=1S/C16H20N4/c1-2-5-13(6-3-1)18-16-17-11-12-8-10-20-9-4-7-14(20)15(12)19-16/h4,7,9,11,13H,1-3,5-6,8,10H2,(H,17,18,19). The van der Waals surface area contributed by atoms with Crippen molar-refractivity contribution in [2.75, 3.05) is 5.32 Å². The van der Waals surface area contributed by atoms with E-state index < -0.39 is 0 Å². The van der Waals surface area contributed by atoms with E-state index in [1.807, 2.05) is 6.20 Å². The van der Waals surface area contributed by atoms with Gasteiger partial charge in [0, 0.05) is 30.5 Å². The van der Waals surface area contributed by atoms with Crippen LogP contribution >= 0.6 is 0 Å². The van der Waals surface area contributed by atoms with Crippen LogP contribution in [0.2, 0.25) is 0 Å². The molecule has 0 spiro atoms. The van der Waals surface area contributed by atoms with Gasteiger partial charge >= 0.3 is 0 Å². The van der Waals surface area contributed by atoms with Crippen LogP contribution in [0.3, 0.4) is 0 Å². The van der Waals surface area contributed by atoms with Gasteiger partial charge in [0.1, 0.15) is 0 Å². The van der Waals surface area contributed by atoms with Crippen molar-refractivity contribution in [1.82, 2.24) is 14.5 Å². The van der Waals surface area contributed by atoms with E-state index in [-0.39, 0.29) is 0 Å². The maximum absolute atomic E-state index is 4.78. The molecule has 1 aliphatic heterocycles. The molecule has 0 atom stereocenters. The number of rotatable bonds is 2. The molecule has 3 heterocycles. The van der Waals surface area contributed by atoms with Crippen LogP contribution in [0.1, 0.15) is 37.7 Å². The zero-order chi connectivity index (χ0) is 13.4. The Kier molecular flexibility index (Phi) is 2.94. The summed E-state index contributed by atoms with van der Waals surface area (Å²) in [6.07, 6.45) is 11.7. The van der Waals surface area contributed by atoms with Gasteiger partial charge in [-0.1, -0.05) is 19.3 Å². The second kappa shape index (κ2) is 4.93. The Balaban J connectivity index is 1.62. The van der Waals surface area contributed by atoms with E-state index in [0.29, 0.717) is 6.04 Å². The quantitative estimate of drug-likeness (QED) is 0.909. The van der Waals surface area contributed by atoms with Crippen molar-refractivity contribution in [1.29, 1.82) is 0 Å². The molecule has 104 valence electrons. The second-order valence-corrected chi connectivity index (χ2v) is 5.88. The van der Waals surface area contributed by atoms with Gasteiger partial charge in [-0.3, -0.25) is 0 Å². The molecule has 0 saturated heterocycles. The van der Waals surface area contributed by atoms with E-state index in [4.69, 9.17) is 4.98 Å². The van der Waals surface area contributed by atoms with Crippen LogP contribution < -0.4 is 5.32 Å². The summed E-state index contributed by atoms with van der Waals surface area (Å²) in [6.45, 7) is 1.04. The topological polar surface area (TPSA) is 42.7 Å². The molecule has 1 aliphatic carbocycles. The van der Waals surface area contributed by atoms with Crippen molar-refractivity contribution in [3.05, 3.63) is 30.1 Å². The molecule has 20 heavy (non-hydrogen) atoms. The highest BCUT2D eigenvalue weighted by Crippen LogP contribution is 2.28. The number of nitrogens with zero attached hydrogens (tertiary/aromatic N) is 3. The fraction of sp³-hybridized carbons (Fsp3) is 0.500. The number of nitrogens with one attached hydrogen (secondary N) is 1. The van der Waals surface area contributed by atoms with E-state index >= 15 is 0 Å². The Morgan fingerprint density at radius 2 is 2.10 bits per heavy atom. The van der Waals surface area contributed by atoms with Gasteiger partial charge in [0.15, 0.2) is 0 Å². The van der Waals surface area contributed by atoms with Gasteiger partial charge in [-0.05, 0) is 31.4 Å². The van der Waals surface area contributed by atoms with E-state index in [1.54, 1.807) is 0 Å². The zero-order valence-corrected chi connectivity index (χ0v) is 11.7. The summed E-state index contributed by atoms with van der Waals surface area (Å²) in [6, 6.07) is 4.80. The molecule has 0 bridgehead atoms. The molecule has 4 heteroatoms. The first-order valence-corrected chi connectivity index (χ1v) is 7.68. The molecule has 0 radical (unpaired) electrons. The average molecular weight is 268 g/mol. The summed E-state index contributed by atoms with van der Waals surface area (Å²) in [4.78, 5) is 9.29. The predicted octanol–water partition coefficient (Wildman–Crippen LogP) is 3.25. The Labute approximate surface area is 119 Å². The highest BCUT2D eigenvalue weighted by Gasteiger charge is 2.19. The molecular formula is C16H20N4. The highest BCUT2D eigenvalue weighted by atomic mass is 15.1. The highest BCUT2D eigenvalue weighted by molar-refractivity contribution is 5.62. The lowest BCUT2D eigenvalue weighted by atomic mass is 9.96. The molecule has 0 aromatic carbocycles. The third-order valence-corrected chi connectivity index (χ3v) is 4.50. The molecule has 4 rings (SSSR count). The smallest absolute Gasteiger partial charge is 0.223 e. The maximum Gasteiger partial charge on any atom is 0.223 e.